The van der Waals surface area contributed by atoms with Crippen molar-refractivity contribution in [2.24, 2.45) is 0 Å². The van der Waals surface area contributed by atoms with Gasteiger partial charge in [0.1, 0.15) is 6.33 Å². The van der Waals surface area contributed by atoms with Gasteiger partial charge in [0, 0.05) is 37.1 Å². The van der Waals surface area contributed by atoms with Crippen molar-refractivity contribution in [2.45, 2.75) is 62.5 Å². The molecule has 1 aliphatic heterocycles. The molecular formula is C32H34N4O6S. The van der Waals surface area contributed by atoms with Crippen molar-refractivity contribution in [2.75, 3.05) is 5.75 Å². The van der Waals surface area contributed by atoms with Crippen molar-refractivity contribution in [1.82, 2.24) is 20.5 Å². The number of hydrogen-bond acceptors (Lipinski definition) is 8. The number of rotatable bonds is 13. The molecule has 1 aliphatic rings. The van der Waals surface area contributed by atoms with Crippen LogP contribution in [0, 0.1) is 0 Å². The molecule has 10 nitrogen and oxygen atoms in total. The summed E-state index contributed by atoms with van der Waals surface area (Å²) in [5.41, 5.74) is 5.70. The summed E-state index contributed by atoms with van der Waals surface area (Å²) in [7, 11) is 0. The number of carbonyl (C=O) groups is 2. The molecule has 4 aromatic rings. The van der Waals surface area contributed by atoms with E-state index in [1.165, 1.54) is 6.33 Å². The van der Waals surface area contributed by atoms with Crippen LogP contribution >= 0.6 is 11.8 Å². The van der Waals surface area contributed by atoms with Gasteiger partial charge in [0.05, 0.1) is 18.8 Å². The van der Waals surface area contributed by atoms with Gasteiger partial charge in [-0.05, 0) is 34.2 Å². The quantitative estimate of drug-likeness (QED) is 0.152. The van der Waals surface area contributed by atoms with Crippen molar-refractivity contribution in [3.05, 3.63) is 101 Å². The van der Waals surface area contributed by atoms with Crippen LogP contribution in [-0.2, 0) is 32.2 Å². The van der Waals surface area contributed by atoms with Crippen molar-refractivity contribution in [3.63, 3.8) is 0 Å². The van der Waals surface area contributed by atoms with E-state index < -0.39 is 12.3 Å². The van der Waals surface area contributed by atoms with E-state index in [1.54, 1.807) is 11.8 Å². The molecule has 0 radical (unpaired) electrons. The number of nitrogens with zero attached hydrogens (tertiary/aromatic N) is 2. The van der Waals surface area contributed by atoms with Gasteiger partial charge in [0.2, 0.25) is 5.91 Å². The van der Waals surface area contributed by atoms with Crippen LogP contribution in [0.25, 0.3) is 11.1 Å². The summed E-state index contributed by atoms with van der Waals surface area (Å²) < 4.78 is 12.9. The molecule has 0 bridgehead atoms. The zero-order chi connectivity index (χ0) is 30.0. The highest BCUT2D eigenvalue weighted by Crippen LogP contribution is 2.39. The first-order valence-electron chi connectivity index (χ1n) is 14.1. The zero-order valence-electron chi connectivity index (χ0n) is 23.5. The van der Waals surface area contributed by atoms with Gasteiger partial charge in [0.15, 0.2) is 11.4 Å². The first-order valence-corrected chi connectivity index (χ1v) is 15.1. The van der Waals surface area contributed by atoms with Crippen LogP contribution < -0.4 is 5.32 Å². The van der Waals surface area contributed by atoms with E-state index in [-0.39, 0.29) is 37.6 Å². The lowest BCUT2D eigenvalue weighted by molar-refractivity contribution is -0.245. The second-order valence-electron chi connectivity index (χ2n) is 10.3. The smallest absolute Gasteiger partial charge is 0.303 e. The standard InChI is InChI=1S/C32H34N4O6S/c37-18-21-8-10-23(11-9-21)28-16-26(19-43-32-34-20-35-36-32)41-31(42-28)24-14-12-22(13-15-24)27-5-2-1-4-25(27)17-33-29(38)6-3-7-30(39)40/h1-2,4-5,8-15,20,26,28,31,37H,3,6-7,16-19H2,(H,33,38)(H,39,40)(H,34,35,36)/t26-,28+,31+/m0/s1. The molecule has 11 heteroatoms. The Balaban J connectivity index is 1.29. The number of aliphatic carboxylic acids is 1. The Kier molecular flexibility index (Phi) is 10.6. The number of aromatic amines is 1. The molecule has 4 N–H and O–H groups in total. The van der Waals surface area contributed by atoms with E-state index in [0.717, 1.165) is 38.5 Å². The Morgan fingerprint density at radius 3 is 2.47 bits per heavy atom. The van der Waals surface area contributed by atoms with E-state index in [9.17, 15) is 14.7 Å². The van der Waals surface area contributed by atoms with Crippen LogP contribution in [0.4, 0.5) is 0 Å². The normalized spacial score (nSPS) is 18.3. The average molecular weight is 603 g/mol. The van der Waals surface area contributed by atoms with E-state index >= 15 is 0 Å². The first-order chi connectivity index (χ1) is 21.0. The molecule has 0 spiro atoms. The molecule has 0 aliphatic carbocycles. The lowest BCUT2D eigenvalue weighted by Crippen LogP contribution is -2.31. The summed E-state index contributed by atoms with van der Waals surface area (Å²) >= 11 is 1.55. The number of thioether (sulfide) groups is 1. The third-order valence-electron chi connectivity index (χ3n) is 7.20. The summed E-state index contributed by atoms with van der Waals surface area (Å²) in [6, 6.07) is 23.7. The van der Waals surface area contributed by atoms with Crippen molar-refractivity contribution in [3.8, 4) is 11.1 Å². The van der Waals surface area contributed by atoms with Crippen LogP contribution in [0.3, 0.4) is 0 Å². The minimum Gasteiger partial charge on any atom is -0.481 e. The molecule has 43 heavy (non-hydrogen) atoms. The second-order valence-corrected chi connectivity index (χ2v) is 11.3. The number of benzene rings is 3. The molecule has 1 amide bonds. The predicted octanol–water partition coefficient (Wildman–Crippen LogP) is 5.17. The Morgan fingerprint density at radius 1 is 0.977 bits per heavy atom. The molecule has 1 saturated heterocycles. The van der Waals surface area contributed by atoms with Crippen LogP contribution in [0.5, 0.6) is 0 Å². The third kappa shape index (κ3) is 8.51. The SMILES string of the molecule is O=C(O)CCCC(=O)NCc1ccccc1-c1ccc([C@@H]2O[C@H](CSc3ncn[nH]3)C[C@H](c3ccc(CO)cc3)O2)cc1. The summed E-state index contributed by atoms with van der Waals surface area (Å²) in [6.45, 7) is 0.336. The molecule has 5 rings (SSSR count). The Bertz CT molecular complexity index is 1480. The fourth-order valence-electron chi connectivity index (χ4n) is 4.92. The summed E-state index contributed by atoms with van der Waals surface area (Å²) in [6.07, 6.45) is 1.75. The highest BCUT2D eigenvalue weighted by molar-refractivity contribution is 7.99. The number of carbonyl (C=O) groups excluding carboxylic acids is 1. The first kappa shape index (κ1) is 30.4. The number of ether oxygens (including phenoxy) is 2. The molecular weight excluding hydrogens is 568 g/mol. The Morgan fingerprint density at radius 2 is 1.74 bits per heavy atom. The van der Waals surface area contributed by atoms with Crippen molar-refractivity contribution < 1.29 is 29.3 Å². The minimum absolute atomic E-state index is 0.0113. The predicted molar refractivity (Wildman–Crippen MR) is 161 cm³/mol. The topological polar surface area (TPSA) is 147 Å². The number of nitrogens with one attached hydrogen (secondary N) is 2. The number of hydrogen-bond donors (Lipinski definition) is 4. The number of H-pyrrole nitrogens is 1. The number of aliphatic hydroxyl groups excluding tert-OH is 1. The van der Waals surface area contributed by atoms with Crippen LogP contribution in [-0.4, -0.2) is 49.1 Å². The maximum absolute atomic E-state index is 12.2. The van der Waals surface area contributed by atoms with Gasteiger partial charge in [-0.15, -0.1) is 0 Å². The number of carboxylic acids is 1. The molecule has 3 atom stereocenters. The fourth-order valence-corrected chi connectivity index (χ4v) is 5.71. The highest BCUT2D eigenvalue weighted by Gasteiger charge is 2.32. The van der Waals surface area contributed by atoms with E-state index in [4.69, 9.17) is 14.6 Å². The molecule has 0 unspecified atom stereocenters. The van der Waals surface area contributed by atoms with Gasteiger partial charge in [0.25, 0.3) is 0 Å². The lowest BCUT2D eigenvalue weighted by Gasteiger charge is -2.36. The monoisotopic (exact) mass is 602 g/mol. The molecule has 0 saturated carbocycles. The number of aromatic nitrogens is 3. The lowest BCUT2D eigenvalue weighted by atomic mass is 9.97. The Labute approximate surface area is 253 Å². The van der Waals surface area contributed by atoms with E-state index in [2.05, 4.69) is 20.5 Å². The second kappa shape index (κ2) is 14.9. The van der Waals surface area contributed by atoms with Gasteiger partial charge in [-0.25, -0.2) is 4.98 Å². The van der Waals surface area contributed by atoms with Gasteiger partial charge < -0.3 is 25.0 Å². The summed E-state index contributed by atoms with van der Waals surface area (Å²) in [4.78, 5) is 27.1. The fraction of sp³-hybridized carbons (Fsp3) is 0.312. The maximum atomic E-state index is 12.2. The average Bonchev–Trinajstić information content (AvgIpc) is 3.57. The van der Waals surface area contributed by atoms with Gasteiger partial charge in [-0.3, -0.25) is 14.7 Å². The summed E-state index contributed by atoms with van der Waals surface area (Å²) in [5, 5.41) is 28.7. The summed E-state index contributed by atoms with van der Waals surface area (Å²) in [5.74, 6) is -0.401. The van der Waals surface area contributed by atoms with Crippen LogP contribution in [0.15, 0.2) is 84.3 Å². The molecule has 1 fully saturated rings. The minimum atomic E-state index is -0.904. The zero-order valence-corrected chi connectivity index (χ0v) is 24.3. The largest absolute Gasteiger partial charge is 0.481 e. The Hall–Kier alpha value is -4.03. The molecule has 3 aromatic carbocycles. The van der Waals surface area contributed by atoms with Crippen LogP contribution in [0.1, 0.15) is 60.3 Å². The number of amides is 1. The molecule has 1 aromatic heterocycles. The highest BCUT2D eigenvalue weighted by atomic mass is 32.2. The van der Waals surface area contributed by atoms with Crippen molar-refractivity contribution >= 4 is 23.6 Å². The van der Waals surface area contributed by atoms with Gasteiger partial charge >= 0.3 is 5.97 Å². The maximum Gasteiger partial charge on any atom is 0.303 e. The van der Waals surface area contributed by atoms with Gasteiger partial charge in [-0.2, -0.15) is 5.10 Å². The molecule has 2 heterocycles. The van der Waals surface area contributed by atoms with E-state index in [0.29, 0.717) is 25.1 Å². The number of aliphatic hydroxyl groups is 1. The third-order valence-corrected chi connectivity index (χ3v) is 8.20. The number of carboxylic acid groups (broad SMARTS) is 1. The molecule has 224 valence electrons. The van der Waals surface area contributed by atoms with Crippen molar-refractivity contribution in [1.29, 1.82) is 0 Å². The van der Waals surface area contributed by atoms with Crippen LogP contribution in [0.2, 0.25) is 0 Å². The van der Waals surface area contributed by atoms with E-state index in [1.807, 2.05) is 72.8 Å². The van der Waals surface area contributed by atoms with Gasteiger partial charge in [-0.1, -0.05) is 84.6 Å².